The van der Waals surface area contributed by atoms with Crippen molar-refractivity contribution >= 4 is 0 Å². The van der Waals surface area contributed by atoms with Crippen LogP contribution in [0.5, 0.6) is 5.75 Å². The second-order valence-electron chi connectivity index (χ2n) is 4.96. The number of phenolic OH excluding ortho intramolecular Hbond substituents is 1. The lowest BCUT2D eigenvalue weighted by atomic mass is 9.94. The van der Waals surface area contributed by atoms with Crippen LogP contribution < -0.4 is 0 Å². The van der Waals surface area contributed by atoms with E-state index in [1.165, 1.54) is 0 Å². The Hall–Kier alpha value is -1.06. The van der Waals surface area contributed by atoms with Crippen molar-refractivity contribution in [1.29, 1.82) is 0 Å². The maximum absolute atomic E-state index is 9.90. The van der Waals surface area contributed by atoms with Gasteiger partial charge in [-0.2, -0.15) is 0 Å². The molecular formula is C13H21NO2. The van der Waals surface area contributed by atoms with Crippen LogP contribution >= 0.6 is 0 Å². The fourth-order valence-electron chi connectivity index (χ4n) is 1.58. The predicted molar refractivity (Wildman–Crippen MR) is 65.6 cm³/mol. The van der Waals surface area contributed by atoms with Crippen molar-refractivity contribution in [2.24, 2.45) is 0 Å². The number of aliphatic hydroxyl groups is 1. The van der Waals surface area contributed by atoms with Gasteiger partial charge in [-0.05, 0) is 52.1 Å². The van der Waals surface area contributed by atoms with Crippen LogP contribution in [0.3, 0.4) is 0 Å². The molecule has 0 unspecified atom stereocenters. The highest BCUT2D eigenvalue weighted by molar-refractivity contribution is 5.39. The lowest BCUT2D eigenvalue weighted by Crippen LogP contribution is -2.17. The molecule has 0 aliphatic carbocycles. The van der Waals surface area contributed by atoms with Crippen molar-refractivity contribution in [3.63, 3.8) is 0 Å². The summed E-state index contributed by atoms with van der Waals surface area (Å²) in [4.78, 5) is 2.11. The number of hydrogen-bond donors (Lipinski definition) is 2. The van der Waals surface area contributed by atoms with Crippen LogP contribution in [-0.2, 0) is 12.0 Å². The van der Waals surface area contributed by atoms with E-state index >= 15 is 0 Å². The zero-order chi connectivity index (χ0) is 12.3. The lowest BCUT2D eigenvalue weighted by Gasteiger charge is -2.20. The summed E-state index contributed by atoms with van der Waals surface area (Å²) < 4.78 is 0. The van der Waals surface area contributed by atoms with Gasteiger partial charge in [0.2, 0.25) is 0 Å². The highest BCUT2D eigenvalue weighted by atomic mass is 16.3. The zero-order valence-electron chi connectivity index (χ0n) is 10.5. The molecule has 0 heterocycles. The first-order valence-electron chi connectivity index (χ1n) is 5.50. The Morgan fingerprint density at radius 1 is 1.25 bits per heavy atom. The third-order valence-electron chi connectivity index (χ3n) is 2.57. The van der Waals surface area contributed by atoms with Crippen molar-refractivity contribution < 1.29 is 10.2 Å². The van der Waals surface area contributed by atoms with Gasteiger partial charge in [0.15, 0.2) is 0 Å². The first-order valence-corrected chi connectivity index (χ1v) is 5.50. The number of likely N-dealkylation sites (N-methyl/N-ethyl adjacent to an activating group) is 1. The average Bonchev–Trinajstić information content (AvgIpc) is 2.14. The molecule has 0 saturated heterocycles. The minimum atomic E-state index is -1.00. The van der Waals surface area contributed by atoms with E-state index in [1.54, 1.807) is 19.9 Å². The van der Waals surface area contributed by atoms with Gasteiger partial charge in [-0.25, -0.2) is 0 Å². The highest BCUT2D eigenvalue weighted by Crippen LogP contribution is 2.29. The monoisotopic (exact) mass is 223 g/mol. The van der Waals surface area contributed by atoms with E-state index in [2.05, 4.69) is 4.90 Å². The first kappa shape index (κ1) is 13.0. The summed E-state index contributed by atoms with van der Waals surface area (Å²) in [5.41, 5.74) is 0.713. The molecule has 0 amide bonds. The second kappa shape index (κ2) is 4.85. The van der Waals surface area contributed by atoms with Gasteiger partial charge in [0.05, 0.1) is 5.60 Å². The van der Waals surface area contributed by atoms with Crippen molar-refractivity contribution in [3.8, 4) is 5.75 Å². The Morgan fingerprint density at radius 2 is 1.88 bits per heavy atom. The summed E-state index contributed by atoms with van der Waals surface area (Å²) >= 11 is 0. The van der Waals surface area contributed by atoms with Gasteiger partial charge in [-0.1, -0.05) is 6.07 Å². The summed E-state index contributed by atoms with van der Waals surface area (Å²) in [6, 6.07) is 5.42. The summed E-state index contributed by atoms with van der Waals surface area (Å²) in [5, 5.41) is 19.6. The normalized spacial score (nSPS) is 12.1. The molecular weight excluding hydrogens is 202 g/mol. The maximum Gasteiger partial charge on any atom is 0.121 e. The molecule has 0 radical (unpaired) electrons. The van der Waals surface area contributed by atoms with Crippen molar-refractivity contribution in [2.75, 3.05) is 20.6 Å². The van der Waals surface area contributed by atoms with Crippen LogP contribution in [0.15, 0.2) is 18.2 Å². The molecule has 0 aromatic heterocycles. The second-order valence-corrected chi connectivity index (χ2v) is 4.96. The topological polar surface area (TPSA) is 43.7 Å². The predicted octanol–water partition coefficient (Wildman–Crippen LogP) is 1.72. The Bertz CT molecular complexity index is 353. The van der Waals surface area contributed by atoms with Crippen LogP contribution in [0.25, 0.3) is 0 Å². The molecule has 0 spiro atoms. The zero-order valence-corrected chi connectivity index (χ0v) is 10.5. The Kier molecular flexibility index (Phi) is 3.94. The molecule has 2 N–H and O–H groups in total. The van der Waals surface area contributed by atoms with Crippen LogP contribution in [0.2, 0.25) is 0 Å². The summed E-state index contributed by atoms with van der Waals surface area (Å²) in [5.74, 6) is 0.154. The maximum atomic E-state index is 9.90. The van der Waals surface area contributed by atoms with Gasteiger partial charge < -0.3 is 15.1 Å². The van der Waals surface area contributed by atoms with E-state index in [0.29, 0.717) is 5.56 Å². The average molecular weight is 223 g/mol. The van der Waals surface area contributed by atoms with Gasteiger partial charge in [0, 0.05) is 12.1 Å². The minimum Gasteiger partial charge on any atom is -0.508 e. The van der Waals surface area contributed by atoms with Gasteiger partial charge >= 0.3 is 0 Å². The molecule has 1 aromatic carbocycles. The van der Waals surface area contributed by atoms with E-state index in [9.17, 15) is 10.2 Å². The smallest absolute Gasteiger partial charge is 0.121 e. The fraction of sp³-hybridized carbons (Fsp3) is 0.538. The number of benzene rings is 1. The molecule has 0 aliphatic rings. The number of aromatic hydroxyl groups is 1. The standard InChI is InChI=1S/C13H21NO2/c1-13(2,16)11-9-10(5-6-12(11)15)7-8-14(3)4/h5-6,9,15-16H,7-8H2,1-4H3. The van der Waals surface area contributed by atoms with Crippen molar-refractivity contribution in [1.82, 2.24) is 4.90 Å². The molecule has 0 saturated carbocycles. The molecule has 90 valence electrons. The lowest BCUT2D eigenvalue weighted by molar-refractivity contribution is 0.0757. The van der Waals surface area contributed by atoms with Crippen LogP contribution in [0.4, 0.5) is 0 Å². The Balaban J connectivity index is 2.90. The van der Waals surface area contributed by atoms with Gasteiger partial charge in [0.25, 0.3) is 0 Å². The molecule has 1 rings (SSSR count). The van der Waals surface area contributed by atoms with Crippen LogP contribution in [0.1, 0.15) is 25.0 Å². The van der Waals surface area contributed by atoms with E-state index in [1.807, 2.05) is 26.2 Å². The van der Waals surface area contributed by atoms with E-state index in [-0.39, 0.29) is 5.75 Å². The highest BCUT2D eigenvalue weighted by Gasteiger charge is 2.20. The third kappa shape index (κ3) is 3.51. The molecule has 16 heavy (non-hydrogen) atoms. The molecule has 0 aliphatic heterocycles. The van der Waals surface area contributed by atoms with Gasteiger partial charge in [-0.3, -0.25) is 0 Å². The number of rotatable bonds is 4. The number of phenols is 1. The van der Waals surface area contributed by atoms with Crippen LogP contribution in [0, 0.1) is 0 Å². The third-order valence-corrected chi connectivity index (χ3v) is 2.57. The largest absolute Gasteiger partial charge is 0.508 e. The minimum absolute atomic E-state index is 0.154. The van der Waals surface area contributed by atoms with Gasteiger partial charge in [0.1, 0.15) is 5.75 Å². The van der Waals surface area contributed by atoms with Crippen molar-refractivity contribution in [3.05, 3.63) is 29.3 Å². The van der Waals surface area contributed by atoms with E-state index in [0.717, 1.165) is 18.5 Å². The summed E-state index contributed by atoms with van der Waals surface area (Å²) in [6.07, 6.45) is 0.913. The molecule has 1 aromatic rings. The Morgan fingerprint density at radius 3 is 2.38 bits per heavy atom. The van der Waals surface area contributed by atoms with E-state index in [4.69, 9.17) is 0 Å². The quantitative estimate of drug-likeness (QED) is 0.817. The molecule has 0 fully saturated rings. The van der Waals surface area contributed by atoms with Gasteiger partial charge in [-0.15, -0.1) is 0 Å². The number of nitrogens with zero attached hydrogens (tertiary/aromatic N) is 1. The summed E-state index contributed by atoms with van der Waals surface area (Å²) in [6.45, 7) is 4.31. The molecule has 3 nitrogen and oxygen atoms in total. The molecule has 0 atom stereocenters. The fourth-order valence-corrected chi connectivity index (χ4v) is 1.58. The molecule has 3 heteroatoms. The van der Waals surface area contributed by atoms with E-state index < -0.39 is 5.60 Å². The SMILES string of the molecule is CN(C)CCc1ccc(O)c(C(C)(C)O)c1. The van der Waals surface area contributed by atoms with Crippen LogP contribution in [-0.4, -0.2) is 35.8 Å². The first-order chi connectivity index (χ1) is 7.30. The number of hydrogen-bond acceptors (Lipinski definition) is 3. The molecule has 0 bridgehead atoms. The Labute approximate surface area is 97.3 Å². The van der Waals surface area contributed by atoms with Crippen molar-refractivity contribution in [2.45, 2.75) is 25.9 Å². The summed E-state index contributed by atoms with van der Waals surface area (Å²) in [7, 11) is 4.05.